The zero-order valence-electron chi connectivity index (χ0n) is 21.3. The molecular weight excluding hydrogens is 466 g/mol. The van der Waals surface area contributed by atoms with Gasteiger partial charge in [0.2, 0.25) is 11.7 Å². The third-order valence-electron chi connectivity index (χ3n) is 8.11. The first-order valence-corrected chi connectivity index (χ1v) is 13.1. The summed E-state index contributed by atoms with van der Waals surface area (Å²) in [5.41, 5.74) is 3.63. The van der Waals surface area contributed by atoms with Crippen molar-refractivity contribution in [1.82, 2.24) is 24.8 Å². The van der Waals surface area contributed by atoms with Crippen LogP contribution in [0.3, 0.4) is 0 Å². The van der Waals surface area contributed by atoms with E-state index < -0.39 is 0 Å². The lowest BCUT2D eigenvalue weighted by Gasteiger charge is -2.27. The van der Waals surface area contributed by atoms with Crippen LogP contribution >= 0.6 is 0 Å². The molecule has 6 rings (SSSR count). The maximum Gasteiger partial charge on any atom is 0.253 e. The number of aryl methyl sites for hydroxylation is 2. The second kappa shape index (κ2) is 9.57. The number of carbonyl (C=O) groups excluding carboxylic acids is 2. The minimum Gasteiger partial charge on any atom is -0.339 e. The largest absolute Gasteiger partial charge is 0.339 e. The summed E-state index contributed by atoms with van der Waals surface area (Å²) in [5, 5.41) is 9.86. The van der Waals surface area contributed by atoms with Crippen LogP contribution in [0.1, 0.15) is 60.0 Å². The van der Waals surface area contributed by atoms with Crippen LogP contribution in [-0.4, -0.2) is 49.6 Å². The lowest BCUT2D eigenvalue weighted by Crippen LogP contribution is -2.32. The highest BCUT2D eigenvalue weighted by Gasteiger charge is 2.37. The van der Waals surface area contributed by atoms with E-state index in [0.29, 0.717) is 36.2 Å². The Morgan fingerprint density at radius 3 is 2.54 bits per heavy atom. The number of benzene rings is 2. The van der Waals surface area contributed by atoms with Crippen molar-refractivity contribution in [3.05, 3.63) is 65.7 Å². The molecule has 2 fully saturated rings. The molecule has 3 heterocycles. The predicted octanol–water partition coefficient (Wildman–Crippen LogP) is 4.94. The zero-order chi connectivity index (χ0) is 25.5. The van der Waals surface area contributed by atoms with Gasteiger partial charge in [-0.1, -0.05) is 35.5 Å². The van der Waals surface area contributed by atoms with Gasteiger partial charge in [0.05, 0.1) is 11.2 Å². The van der Waals surface area contributed by atoms with E-state index in [1.54, 1.807) is 0 Å². The quantitative estimate of drug-likeness (QED) is 0.388. The Morgan fingerprint density at radius 1 is 0.973 bits per heavy atom. The first kappa shape index (κ1) is 23.6. The Labute approximate surface area is 215 Å². The number of rotatable bonds is 5. The van der Waals surface area contributed by atoms with Gasteiger partial charge in [-0.3, -0.25) is 14.3 Å². The number of aromatic nitrogens is 4. The van der Waals surface area contributed by atoms with Gasteiger partial charge in [-0.2, -0.15) is 10.1 Å². The molecule has 0 unspecified atom stereocenters. The summed E-state index contributed by atoms with van der Waals surface area (Å²) in [6.45, 7) is 3.18. The first-order chi connectivity index (χ1) is 18.0. The molecule has 1 aliphatic heterocycles. The van der Waals surface area contributed by atoms with Gasteiger partial charge in [-0.25, -0.2) is 0 Å². The van der Waals surface area contributed by atoms with Crippen LogP contribution in [0, 0.1) is 18.8 Å². The van der Waals surface area contributed by atoms with Crippen LogP contribution in [-0.2, 0) is 11.8 Å². The Kier molecular flexibility index (Phi) is 6.10. The highest BCUT2D eigenvalue weighted by molar-refractivity contribution is 5.95. The fraction of sp³-hybridized carbons (Fsp3) is 0.414. The van der Waals surface area contributed by atoms with Crippen LogP contribution in [0.4, 0.5) is 0 Å². The van der Waals surface area contributed by atoms with Crippen LogP contribution in [0.25, 0.3) is 22.3 Å². The molecule has 2 aromatic heterocycles. The summed E-state index contributed by atoms with van der Waals surface area (Å²) >= 11 is 0. The molecule has 1 atom stereocenters. The smallest absolute Gasteiger partial charge is 0.253 e. The van der Waals surface area contributed by atoms with E-state index in [-0.39, 0.29) is 23.7 Å². The van der Waals surface area contributed by atoms with Crippen molar-refractivity contribution in [3.8, 4) is 11.4 Å². The van der Waals surface area contributed by atoms with Crippen LogP contribution in [0.5, 0.6) is 0 Å². The standard InChI is InChI=1S/C29H31N5O3/c1-18-24-13-12-22(16-25(24)33(2)31-18)27-30-28(37-32-27)20-10-8-19(9-11-20)26(35)23-14-15-34(17-23)29(36)21-6-4-3-5-7-21/h3-7,12-13,16,19-20,23H,8-11,14-15,17H2,1-2H3/t19?,20?,23-/m0/s1. The second-order valence-corrected chi connectivity index (χ2v) is 10.5. The van der Waals surface area contributed by atoms with E-state index in [1.807, 2.05) is 66.0 Å². The van der Waals surface area contributed by atoms with Gasteiger partial charge in [0.25, 0.3) is 5.91 Å². The van der Waals surface area contributed by atoms with Crippen LogP contribution < -0.4 is 0 Å². The highest BCUT2D eigenvalue weighted by atomic mass is 16.5. The van der Waals surface area contributed by atoms with Gasteiger partial charge in [0.15, 0.2) is 0 Å². The van der Waals surface area contributed by atoms with E-state index in [0.717, 1.165) is 54.3 Å². The van der Waals surface area contributed by atoms with E-state index in [9.17, 15) is 9.59 Å². The summed E-state index contributed by atoms with van der Waals surface area (Å²) in [6, 6.07) is 15.4. The van der Waals surface area contributed by atoms with E-state index >= 15 is 0 Å². The predicted molar refractivity (Wildman–Crippen MR) is 139 cm³/mol. The Morgan fingerprint density at radius 2 is 1.76 bits per heavy atom. The molecule has 8 heteroatoms. The van der Waals surface area contributed by atoms with E-state index in [4.69, 9.17) is 9.51 Å². The minimum absolute atomic E-state index is 0.0180. The zero-order valence-corrected chi connectivity index (χ0v) is 21.3. The fourth-order valence-corrected chi connectivity index (χ4v) is 5.99. The lowest BCUT2D eigenvalue weighted by molar-refractivity contribution is -0.127. The first-order valence-electron chi connectivity index (χ1n) is 13.1. The summed E-state index contributed by atoms with van der Waals surface area (Å²) in [4.78, 5) is 32.6. The molecule has 4 aromatic rings. The molecule has 0 bridgehead atoms. The molecule has 0 N–H and O–H groups in total. The Balaban J connectivity index is 1.06. The van der Waals surface area contributed by atoms with Crippen molar-refractivity contribution in [1.29, 1.82) is 0 Å². The average Bonchev–Trinajstić information content (AvgIpc) is 3.68. The third kappa shape index (κ3) is 4.45. The number of ketones is 1. The number of fused-ring (bicyclic) bond motifs is 1. The number of hydrogen-bond acceptors (Lipinski definition) is 6. The van der Waals surface area contributed by atoms with Gasteiger partial charge in [0.1, 0.15) is 5.78 Å². The number of likely N-dealkylation sites (tertiary alicyclic amines) is 1. The van der Waals surface area contributed by atoms with Crippen molar-refractivity contribution in [2.45, 2.75) is 44.9 Å². The molecule has 2 aromatic carbocycles. The number of nitrogens with zero attached hydrogens (tertiary/aromatic N) is 5. The topological polar surface area (TPSA) is 94.1 Å². The molecule has 190 valence electrons. The highest BCUT2D eigenvalue weighted by Crippen LogP contribution is 2.38. The molecule has 0 spiro atoms. The van der Waals surface area contributed by atoms with Crippen molar-refractivity contribution < 1.29 is 14.1 Å². The monoisotopic (exact) mass is 497 g/mol. The molecule has 1 saturated heterocycles. The lowest BCUT2D eigenvalue weighted by atomic mass is 9.77. The minimum atomic E-state index is -0.0604. The van der Waals surface area contributed by atoms with Gasteiger partial charge in [0, 0.05) is 54.4 Å². The molecule has 1 amide bonds. The molecule has 1 saturated carbocycles. The third-order valence-corrected chi connectivity index (χ3v) is 8.11. The number of hydrogen-bond donors (Lipinski definition) is 0. The molecule has 0 radical (unpaired) electrons. The molecule has 2 aliphatic rings. The molecule has 8 nitrogen and oxygen atoms in total. The number of amides is 1. The van der Waals surface area contributed by atoms with Crippen LogP contribution in [0.15, 0.2) is 53.1 Å². The maximum atomic E-state index is 13.3. The number of Topliss-reactive ketones (excluding diaryl/α,β-unsaturated/α-hetero) is 1. The van der Waals surface area contributed by atoms with Crippen molar-refractivity contribution in [2.75, 3.05) is 13.1 Å². The van der Waals surface area contributed by atoms with Gasteiger partial charge in [-0.05, 0) is 57.2 Å². The summed E-state index contributed by atoms with van der Waals surface area (Å²) in [7, 11) is 1.94. The molecule has 37 heavy (non-hydrogen) atoms. The number of carbonyl (C=O) groups is 2. The maximum absolute atomic E-state index is 13.3. The van der Waals surface area contributed by atoms with E-state index in [2.05, 4.69) is 16.3 Å². The van der Waals surface area contributed by atoms with Gasteiger partial charge >= 0.3 is 0 Å². The summed E-state index contributed by atoms with van der Waals surface area (Å²) < 4.78 is 7.54. The molecular formula is C29H31N5O3. The Hall–Kier alpha value is -3.81. The Bertz CT molecular complexity index is 1450. The normalized spacial score (nSPS) is 22.0. The SMILES string of the molecule is Cc1nn(C)c2cc(-c3noc(C4CCC(C(=O)[C@H]5CCN(C(=O)c6ccccc6)C5)CC4)n3)ccc12. The van der Waals surface area contributed by atoms with Crippen molar-refractivity contribution in [2.24, 2.45) is 18.9 Å². The average molecular weight is 498 g/mol. The fourth-order valence-electron chi connectivity index (χ4n) is 5.99. The molecule has 1 aliphatic carbocycles. The van der Waals surface area contributed by atoms with Crippen molar-refractivity contribution >= 4 is 22.6 Å². The summed E-state index contributed by atoms with van der Waals surface area (Å²) in [5.74, 6) is 1.73. The second-order valence-electron chi connectivity index (χ2n) is 10.5. The van der Waals surface area contributed by atoms with Gasteiger partial charge < -0.3 is 9.42 Å². The van der Waals surface area contributed by atoms with Crippen LogP contribution in [0.2, 0.25) is 0 Å². The van der Waals surface area contributed by atoms with Gasteiger partial charge in [-0.15, -0.1) is 0 Å². The summed E-state index contributed by atoms with van der Waals surface area (Å²) in [6.07, 6.45) is 4.12. The van der Waals surface area contributed by atoms with Crippen molar-refractivity contribution in [3.63, 3.8) is 0 Å². The van der Waals surface area contributed by atoms with E-state index in [1.165, 1.54) is 0 Å².